The van der Waals surface area contributed by atoms with Crippen LogP contribution in [0.5, 0.6) is 0 Å². The van der Waals surface area contributed by atoms with Gasteiger partial charge in [-0.15, -0.1) is 12.4 Å². The van der Waals surface area contributed by atoms with Crippen molar-refractivity contribution in [2.24, 2.45) is 5.73 Å². The van der Waals surface area contributed by atoms with Gasteiger partial charge in [0.15, 0.2) is 0 Å². The minimum Gasteiger partial charge on any atom is -0.353 e. The summed E-state index contributed by atoms with van der Waals surface area (Å²) in [4.78, 5) is 37.5. The third kappa shape index (κ3) is 3.95. The number of nitrogens with one attached hydrogen (secondary N) is 2. The average Bonchev–Trinajstić information content (AvgIpc) is 3.06. The number of hydrogen-bond donors (Lipinski definition) is 3. The molecule has 7 nitrogen and oxygen atoms in total. The van der Waals surface area contributed by atoms with Crippen LogP contribution >= 0.6 is 12.4 Å². The first-order chi connectivity index (χ1) is 10.4. The number of halogens is 1. The molecule has 0 radical (unpaired) electrons. The molecule has 0 aromatic carbocycles. The van der Waals surface area contributed by atoms with Crippen LogP contribution in [0.2, 0.25) is 0 Å². The van der Waals surface area contributed by atoms with Crippen molar-refractivity contribution in [2.75, 3.05) is 13.1 Å². The molecule has 0 aromatic rings. The van der Waals surface area contributed by atoms with Gasteiger partial charge in [0.05, 0.1) is 0 Å². The predicted octanol–water partition coefficient (Wildman–Crippen LogP) is 0.907. The summed E-state index contributed by atoms with van der Waals surface area (Å²) < 4.78 is 0. The number of nitrogens with zero attached hydrogens (tertiary/aromatic N) is 1. The molecule has 1 spiro atoms. The summed E-state index contributed by atoms with van der Waals surface area (Å²) in [7, 11) is 0. The van der Waals surface area contributed by atoms with Crippen LogP contribution in [-0.2, 0) is 9.59 Å². The van der Waals surface area contributed by atoms with Crippen molar-refractivity contribution in [3.63, 3.8) is 0 Å². The predicted molar refractivity (Wildman–Crippen MR) is 89.2 cm³/mol. The molecule has 23 heavy (non-hydrogen) atoms. The minimum absolute atomic E-state index is 0. The van der Waals surface area contributed by atoms with Gasteiger partial charge in [0.25, 0.3) is 5.91 Å². The lowest BCUT2D eigenvalue weighted by Gasteiger charge is -2.27. The van der Waals surface area contributed by atoms with Gasteiger partial charge in [-0.2, -0.15) is 0 Å². The summed E-state index contributed by atoms with van der Waals surface area (Å²) in [5.41, 5.74) is 4.92. The van der Waals surface area contributed by atoms with E-state index in [-0.39, 0.29) is 30.8 Å². The first-order valence-electron chi connectivity index (χ1n) is 8.05. The Balaban J connectivity index is 0.00000264. The molecule has 4 N–H and O–H groups in total. The summed E-state index contributed by atoms with van der Waals surface area (Å²) in [5, 5.41) is 5.50. The fraction of sp³-hybridized carbons (Fsp3) is 0.800. The van der Waals surface area contributed by atoms with Gasteiger partial charge in [-0.05, 0) is 25.7 Å². The third-order valence-electron chi connectivity index (χ3n) is 5.05. The van der Waals surface area contributed by atoms with E-state index in [4.69, 9.17) is 5.73 Å². The van der Waals surface area contributed by atoms with Crippen LogP contribution in [0.15, 0.2) is 0 Å². The summed E-state index contributed by atoms with van der Waals surface area (Å²) in [6.07, 6.45) is 4.66. The summed E-state index contributed by atoms with van der Waals surface area (Å²) in [5.74, 6) is -0.620. The van der Waals surface area contributed by atoms with E-state index in [0.29, 0.717) is 19.4 Å². The van der Waals surface area contributed by atoms with E-state index in [1.807, 2.05) is 13.8 Å². The molecule has 0 atom stereocenters. The molecule has 0 unspecified atom stereocenters. The molecule has 1 saturated heterocycles. The van der Waals surface area contributed by atoms with Crippen molar-refractivity contribution in [1.82, 2.24) is 15.5 Å². The Bertz CT molecular complexity index is 473. The van der Waals surface area contributed by atoms with Crippen LogP contribution in [0.25, 0.3) is 0 Å². The lowest BCUT2D eigenvalue weighted by atomic mass is 9.94. The minimum atomic E-state index is -0.762. The molecule has 2 aliphatic rings. The van der Waals surface area contributed by atoms with Crippen LogP contribution in [-0.4, -0.2) is 46.9 Å². The zero-order chi connectivity index (χ0) is 16.4. The molecule has 0 bridgehead atoms. The third-order valence-corrected chi connectivity index (χ3v) is 5.05. The van der Waals surface area contributed by atoms with Gasteiger partial charge in [-0.25, -0.2) is 4.79 Å². The van der Waals surface area contributed by atoms with Gasteiger partial charge in [-0.3, -0.25) is 14.5 Å². The first-order valence-corrected chi connectivity index (χ1v) is 8.05. The van der Waals surface area contributed by atoms with E-state index < -0.39 is 17.1 Å². The monoisotopic (exact) mass is 346 g/mol. The van der Waals surface area contributed by atoms with Crippen molar-refractivity contribution in [3.05, 3.63) is 0 Å². The van der Waals surface area contributed by atoms with E-state index >= 15 is 0 Å². The van der Waals surface area contributed by atoms with Crippen molar-refractivity contribution in [3.8, 4) is 0 Å². The van der Waals surface area contributed by atoms with E-state index in [0.717, 1.165) is 30.6 Å². The Labute approximate surface area is 143 Å². The van der Waals surface area contributed by atoms with Gasteiger partial charge in [0, 0.05) is 12.1 Å². The molecule has 1 aliphatic carbocycles. The molecule has 1 heterocycles. The highest BCUT2D eigenvalue weighted by Gasteiger charge is 2.52. The highest BCUT2D eigenvalue weighted by Crippen LogP contribution is 2.34. The van der Waals surface area contributed by atoms with Crippen molar-refractivity contribution in [2.45, 2.75) is 63.5 Å². The van der Waals surface area contributed by atoms with Gasteiger partial charge in [0.2, 0.25) is 5.91 Å². The number of rotatable bonds is 6. The second-order valence-electron chi connectivity index (χ2n) is 6.46. The highest BCUT2D eigenvalue weighted by molar-refractivity contribution is 6.09. The molecule has 1 saturated carbocycles. The number of amides is 4. The van der Waals surface area contributed by atoms with Crippen LogP contribution in [0.3, 0.4) is 0 Å². The molecule has 132 valence electrons. The van der Waals surface area contributed by atoms with E-state index in [9.17, 15) is 14.4 Å². The standard InChI is InChI=1S/C15H26N4O3.ClH/c1-3-14(16,4-2)10-17-11(20)9-19-12(21)15(18-13(19)22)7-5-6-8-15;/h3-10,16H2,1-2H3,(H,17,20)(H,18,22);1H. The van der Waals surface area contributed by atoms with Crippen LogP contribution in [0, 0.1) is 0 Å². The largest absolute Gasteiger partial charge is 0.353 e. The zero-order valence-corrected chi connectivity index (χ0v) is 14.6. The smallest absolute Gasteiger partial charge is 0.325 e. The SMILES string of the molecule is CCC(N)(CC)CNC(=O)CN1C(=O)NC2(CCCC2)C1=O.Cl. The fourth-order valence-corrected chi connectivity index (χ4v) is 3.11. The van der Waals surface area contributed by atoms with Crippen LogP contribution in [0.1, 0.15) is 52.4 Å². The highest BCUT2D eigenvalue weighted by atomic mass is 35.5. The molecule has 2 rings (SSSR count). The van der Waals surface area contributed by atoms with Gasteiger partial charge in [-0.1, -0.05) is 26.7 Å². The average molecular weight is 347 g/mol. The molecule has 2 fully saturated rings. The van der Waals surface area contributed by atoms with Crippen molar-refractivity contribution < 1.29 is 14.4 Å². The first kappa shape index (κ1) is 19.7. The van der Waals surface area contributed by atoms with Crippen molar-refractivity contribution in [1.29, 1.82) is 0 Å². The topological polar surface area (TPSA) is 105 Å². The summed E-state index contributed by atoms with van der Waals surface area (Å²) in [6, 6.07) is -0.466. The zero-order valence-electron chi connectivity index (χ0n) is 13.8. The van der Waals surface area contributed by atoms with E-state index in [2.05, 4.69) is 10.6 Å². The molecule has 4 amide bonds. The lowest BCUT2D eigenvalue weighted by molar-refractivity contribution is -0.134. The summed E-state index contributed by atoms with van der Waals surface area (Å²) >= 11 is 0. The number of imide groups is 1. The molecular formula is C15H27ClN4O3. The van der Waals surface area contributed by atoms with Crippen LogP contribution in [0.4, 0.5) is 4.79 Å². The number of urea groups is 1. The van der Waals surface area contributed by atoms with Gasteiger partial charge in [0.1, 0.15) is 12.1 Å². The Morgan fingerprint density at radius 2 is 1.87 bits per heavy atom. The Hall–Kier alpha value is -1.34. The Morgan fingerprint density at radius 3 is 2.39 bits per heavy atom. The second-order valence-corrected chi connectivity index (χ2v) is 6.46. The Kier molecular flexibility index (Phi) is 6.41. The molecule has 8 heteroatoms. The second kappa shape index (κ2) is 7.49. The molecular weight excluding hydrogens is 320 g/mol. The maximum atomic E-state index is 12.4. The van der Waals surface area contributed by atoms with E-state index in [1.54, 1.807) is 0 Å². The molecule has 1 aliphatic heterocycles. The van der Waals surface area contributed by atoms with E-state index in [1.165, 1.54) is 0 Å². The number of hydrogen-bond acceptors (Lipinski definition) is 4. The quantitative estimate of drug-likeness (QED) is 0.621. The maximum Gasteiger partial charge on any atom is 0.325 e. The lowest BCUT2D eigenvalue weighted by Crippen LogP contribution is -2.51. The van der Waals surface area contributed by atoms with Gasteiger partial charge >= 0.3 is 6.03 Å². The number of carbonyl (C=O) groups is 3. The molecule has 0 aromatic heterocycles. The Morgan fingerprint density at radius 1 is 1.30 bits per heavy atom. The maximum absolute atomic E-state index is 12.4. The number of nitrogens with two attached hydrogens (primary N) is 1. The van der Waals surface area contributed by atoms with Crippen molar-refractivity contribution >= 4 is 30.3 Å². The van der Waals surface area contributed by atoms with Gasteiger partial charge < -0.3 is 16.4 Å². The summed E-state index contributed by atoms with van der Waals surface area (Å²) in [6.45, 7) is 4.04. The number of carbonyl (C=O) groups excluding carboxylic acids is 3. The fourth-order valence-electron chi connectivity index (χ4n) is 3.11. The normalized spacial score (nSPS) is 19.7. The van der Waals surface area contributed by atoms with Crippen LogP contribution < -0.4 is 16.4 Å².